The van der Waals surface area contributed by atoms with Crippen molar-refractivity contribution in [2.75, 3.05) is 6.61 Å². The van der Waals surface area contributed by atoms with Crippen LogP contribution in [0, 0.1) is 0 Å². The van der Waals surface area contributed by atoms with Crippen molar-refractivity contribution in [3.63, 3.8) is 0 Å². The molecule has 0 unspecified atom stereocenters. The van der Waals surface area contributed by atoms with Crippen molar-refractivity contribution in [3.05, 3.63) is 120 Å². The Hall–Kier alpha value is -4.52. The minimum Gasteiger partial charge on any atom is -0.492 e. The highest BCUT2D eigenvalue weighted by molar-refractivity contribution is 5.41. The second-order valence-corrected chi connectivity index (χ2v) is 7.34. The second kappa shape index (κ2) is 9.32. The molecular formula is C26H22N4O3. The first kappa shape index (κ1) is 20.4. The van der Waals surface area contributed by atoms with E-state index in [1.807, 2.05) is 95.8 Å². The molecule has 3 aromatic carbocycles. The molecule has 5 aromatic rings. The summed E-state index contributed by atoms with van der Waals surface area (Å²) in [5.41, 5.74) is 1.37. The highest BCUT2D eigenvalue weighted by Gasteiger charge is 2.08. The normalized spacial score (nSPS) is 10.8. The van der Waals surface area contributed by atoms with Crippen molar-refractivity contribution in [1.82, 2.24) is 18.9 Å². The molecule has 164 valence electrons. The first-order chi connectivity index (χ1) is 16.3. The van der Waals surface area contributed by atoms with Crippen LogP contribution in [0.25, 0.3) is 11.4 Å². The summed E-state index contributed by atoms with van der Waals surface area (Å²) < 4.78 is 16.6. The predicted octanol–water partition coefficient (Wildman–Crippen LogP) is 4.70. The van der Waals surface area contributed by atoms with E-state index in [-0.39, 0.29) is 5.69 Å². The first-order valence-corrected chi connectivity index (χ1v) is 10.6. The minimum atomic E-state index is -0.154. The average Bonchev–Trinajstić information content (AvgIpc) is 3.51. The predicted molar refractivity (Wildman–Crippen MR) is 126 cm³/mol. The van der Waals surface area contributed by atoms with E-state index in [9.17, 15) is 4.79 Å². The smallest absolute Gasteiger partial charge is 0.337 e. The third-order valence-corrected chi connectivity index (χ3v) is 5.13. The average molecular weight is 438 g/mol. The largest absolute Gasteiger partial charge is 0.492 e. The Labute approximate surface area is 190 Å². The summed E-state index contributed by atoms with van der Waals surface area (Å²) in [6.45, 7) is 1.19. The van der Waals surface area contributed by atoms with Gasteiger partial charge in [-0.2, -0.15) is 5.10 Å². The molecule has 2 heterocycles. The Balaban J connectivity index is 1.26. The lowest BCUT2D eigenvalue weighted by atomic mass is 10.3. The number of nitrogens with zero attached hydrogens (tertiary/aromatic N) is 4. The van der Waals surface area contributed by atoms with Gasteiger partial charge in [0, 0.05) is 24.8 Å². The topological polar surface area (TPSA) is 63.2 Å². The van der Waals surface area contributed by atoms with Crippen LogP contribution in [-0.4, -0.2) is 25.5 Å². The van der Waals surface area contributed by atoms with Crippen LogP contribution < -0.4 is 15.2 Å². The molecule has 0 aliphatic rings. The number of benzene rings is 3. The van der Waals surface area contributed by atoms with Crippen molar-refractivity contribution in [1.29, 1.82) is 0 Å². The molecular weight excluding hydrogens is 416 g/mol. The molecule has 0 fully saturated rings. The highest BCUT2D eigenvalue weighted by atomic mass is 16.5. The summed E-state index contributed by atoms with van der Waals surface area (Å²) in [6, 6.07) is 26.3. The molecule has 2 aromatic heterocycles. The lowest BCUT2D eigenvalue weighted by molar-refractivity contribution is 0.291. The van der Waals surface area contributed by atoms with Crippen LogP contribution in [0.4, 0.5) is 0 Å². The summed E-state index contributed by atoms with van der Waals surface area (Å²) in [7, 11) is 0. The van der Waals surface area contributed by atoms with Crippen molar-refractivity contribution >= 4 is 0 Å². The fourth-order valence-electron chi connectivity index (χ4n) is 3.46. The van der Waals surface area contributed by atoms with E-state index in [0.29, 0.717) is 18.9 Å². The Morgan fingerprint density at radius 3 is 1.88 bits per heavy atom. The number of aromatic nitrogens is 4. The molecule has 0 radical (unpaired) electrons. The molecule has 0 saturated carbocycles. The van der Waals surface area contributed by atoms with Crippen molar-refractivity contribution in [2.45, 2.75) is 6.54 Å². The van der Waals surface area contributed by atoms with Crippen LogP contribution in [-0.2, 0) is 6.54 Å². The van der Waals surface area contributed by atoms with Gasteiger partial charge in [-0.25, -0.2) is 4.79 Å². The standard InChI is InChI=1S/C26H22N4O3/c31-26-29(21-7-11-23(12-8-21)32-20-19-28-16-4-15-27-28)17-18-30(26)22-9-13-25(14-10-22)33-24-5-2-1-3-6-24/h1-18H,19-20H2. The molecule has 0 aliphatic carbocycles. The van der Waals surface area contributed by atoms with Crippen LogP contribution >= 0.6 is 0 Å². The fraction of sp³-hybridized carbons (Fsp3) is 0.0769. The maximum Gasteiger partial charge on any atom is 0.337 e. The van der Waals surface area contributed by atoms with Crippen LogP contribution in [0.1, 0.15) is 0 Å². The molecule has 5 rings (SSSR count). The third-order valence-electron chi connectivity index (χ3n) is 5.13. The highest BCUT2D eigenvalue weighted by Crippen LogP contribution is 2.22. The van der Waals surface area contributed by atoms with E-state index in [1.165, 1.54) is 0 Å². The molecule has 0 atom stereocenters. The molecule has 0 saturated heterocycles. The molecule has 7 nitrogen and oxygen atoms in total. The minimum absolute atomic E-state index is 0.154. The van der Waals surface area contributed by atoms with Crippen LogP contribution in [0.15, 0.2) is 115 Å². The van der Waals surface area contributed by atoms with Gasteiger partial charge in [-0.1, -0.05) is 18.2 Å². The fourth-order valence-corrected chi connectivity index (χ4v) is 3.46. The van der Waals surface area contributed by atoms with E-state index in [1.54, 1.807) is 27.7 Å². The van der Waals surface area contributed by atoms with E-state index >= 15 is 0 Å². The quantitative estimate of drug-likeness (QED) is 0.352. The van der Waals surface area contributed by atoms with E-state index in [2.05, 4.69) is 5.10 Å². The lowest BCUT2D eigenvalue weighted by Gasteiger charge is -2.08. The van der Waals surface area contributed by atoms with Crippen LogP contribution in [0.3, 0.4) is 0 Å². The van der Waals surface area contributed by atoms with Gasteiger partial charge >= 0.3 is 5.69 Å². The van der Waals surface area contributed by atoms with Gasteiger partial charge in [0.2, 0.25) is 0 Å². The molecule has 0 N–H and O–H groups in total. The number of ether oxygens (including phenoxy) is 2. The Morgan fingerprint density at radius 1 is 0.667 bits per heavy atom. The SMILES string of the molecule is O=c1n(-c2ccc(OCCn3cccn3)cc2)ccn1-c1ccc(Oc2ccccc2)cc1. The number of hydrogen-bond acceptors (Lipinski definition) is 4. The van der Waals surface area contributed by atoms with Gasteiger partial charge in [0.05, 0.1) is 17.9 Å². The summed E-state index contributed by atoms with van der Waals surface area (Å²) in [6.07, 6.45) is 7.15. The maximum atomic E-state index is 13.0. The van der Waals surface area contributed by atoms with Crippen molar-refractivity contribution < 1.29 is 9.47 Å². The Bertz CT molecular complexity index is 1350. The number of rotatable bonds is 8. The van der Waals surface area contributed by atoms with Crippen LogP contribution in [0.2, 0.25) is 0 Å². The Morgan fingerprint density at radius 2 is 1.27 bits per heavy atom. The van der Waals surface area contributed by atoms with Gasteiger partial charge in [-0.15, -0.1) is 0 Å². The lowest BCUT2D eigenvalue weighted by Crippen LogP contribution is -2.21. The zero-order valence-electron chi connectivity index (χ0n) is 17.8. The monoisotopic (exact) mass is 438 g/mol. The summed E-state index contributed by atoms with van der Waals surface area (Å²) in [5, 5.41) is 4.15. The molecule has 0 spiro atoms. The molecule has 33 heavy (non-hydrogen) atoms. The summed E-state index contributed by atoms with van der Waals surface area (Å²) in [5.74, 6) is 2.22. The zero-order valence-corrected chi connectivity index (χ0v) is 17.8. The van der Waals surface area contributed by atoms with Crippen LogP contribution in [0.5, 0.6) is 17.2 Å². The molecule has 0 aliphatic heterocycles. The van der Waals surface area contributed by atoms with Crippen molar-refractivity contribution in [3.8, 4) is 28.6 Å². The van der Waals surface area contributed by atoms with Gasteiger partial charge in [0.25, 0.3) is 0 Å². The zero-order chi connectivity index (χ0) is 22.5. The first-order valence-electron chi connectivity index (χ1n) is 10.6. The van der Waals surface area contributed by atoms with Gasteiger partial charge in [0.1, 0.15) is 23.9 Å². The number of imidazole rings is 1. The van der Waals surface area contributed by atoms with Gasteiger partial charge in [0.15, 0.2) is 0 Å². The third kappa shape index (κ3) is 4.72. The number of para-hydroxylation sites is 1. The van der Waals surface area contributed by atoms with E-state index in [0.717, 1.165) is 22.9 Å². The second-order valence-electron chi connectivity index (χ2n) is 7.34. The summed E-state index contributed by atoms with van der Waals surface area (Å²) >= 11 is 0. The van der Waals surface area contributed by atoms with E-state index < -0.39 is 0 Å². The van der Waals surface area contributed by atoms with E-state index in [4.69, 9.17) is 9.47 Å². The molecule has 0 bridgehead atoms. The van der Waals surface area contributed by atoms with Gasteiger partial charge < -0.3 is 9.47 Å². The molecule has 7 heteroatoms. The maximum absolute atomic E-state index is 13.0. The molecule has 0 amide bonds. The number of hydrogen-bond donors (Lipinski definition) is 0. The Kier molecular flexibility index (Phi) is 5.75. The van der Waals surface area contributed by atoms with Gasteiger partial charge in [-0.05, 0) is 66.7 Å². The summed E-state index contributed by atoms with van der Waals surface area (Å²) in [4.78, 5) is 13.0. The van der Waals surface area contributed by atoms with Crippen molar-refractivity contribution in [2.24, 2.45) is 0 Å². The van der Waals surface area contributed by atoms with Gasteiger partial charge in [-0.3, -0.25) is 13.8 Å².